The van der Waals surface area contributed by atoms with Crippen LogP contribution in [0.25, 0.3) is 0 Å². The Morgan fingerprint density at radius 3 is 2.73 bits per heavy atom. The molecule has 2 unspecified atom stereocenters. The third kappa shape index (κ3) is 4.17. The van der Waals surface area contributed by atoms with Gasteiger partial charge in [-0.25, -0.2) is 0 Å². The standard InChI is InChI=1S/C17H25NO3S/c1-11(19)9-14-5-4-8-18(14)17(21)7-6-16(20)15-10-12(2)22-13(15)3/h10-11,14,19H,4-9H2,1-3H3. The molecule has 1 fully saturated rings. The molecule has 4 nitrogen and oxygen atoms in total. The van der Waals surface area contributed by atoms with Gasteiger partial charge < -0.3 is 10.0 Å². The summed E-state index contributed by atoms with van der Waals surface area (Å²) in [6.45, 7) is 6.45. The van der Waals surface area contributed by atoms with Crippen LogP contribution in [0.1, 0.15) is 59.1 Å². The zero-order chi connectivity index (χ0) is 16.3. The number of Topliss-reactive ketones (excluding diaryl/α,β-unsaturated/α-hetero) is 1. The van der Waals surface area contributed by atoms with Gasteiger partial charge in [-0.3, -0.25) is 9.59 Å². The van der Waals surface area contributed by atoms with Gasteiger partial charge in [-0.2, -0.15) is 0 Å². The van der Waals surface area contributed by atoms with Crippen molar-refractivity contribution in [3.05, 3.63) is 21.4 Å². The summed E-state index contributed by atoms with van der Waals surface area (Å²) in [5, 5.41) is 9.52. The highest BCUT2D eigenvalue weighted by atomic mass is 32.1. The van der Waals surface area contributed by atoms with Crippen molar-refractivity contribution in [1.82, 2.24) is 4.90 Å². The second-order valence-electron chi connectivity index (χ2n) is 6.22. The molecule has 1 aliphatic rings. The van der Waals surface area contributed by atoms with Crippen molar-refractivity contribution in [3.63, 3.8) is 0 Å². The van der Waals surface area contributed by atoms with E-state index in [-0.39, 0.29) is 30.6 Å². The van der Waals surface area contributed by atoms with Crippen molar-refractivity contribution in [1.29, 1.82) is 0 Å². The Morgan fingerprint density at radius 1 is 1.41 bits per heavy atom. The van der Waals surface area contributed by atoms with E-state index in [1.54, 1.807) is 18.3 Å². The second-order valence-corrected chi connectivity index (χ2v) is 7.68. The van der Waals surface area contributed by atoms with E-state index < -0.39 is 6.10 Å². The lowest BCUT2D eigenvalue weighted by Gasteiger charge is -2.25. The maximum absolute atomic E-state index is 12.4. The fraction of sp³-hybridized carbons (Fsp3) is 0.647. The molecule has 22 heavy (non-hydrogen) atoms. The quantitative estimate of drug-likeness (QED) is 0.819. The van der Waals surface area contributed by atoms with Crippen LogP contribution in [0, 0.1) is 13.8 Å². The normalized spacial score (nSPS) is 19.5. The van der Waals surface area contributed by atoms with Gasteiger partial charge in [-0.15, -0.1) is 11.3 Å². The SMILES string of the molecule is Cc1cc(C(=O)CCC(=O)N2CCCC2CC(C)O)c(C)s1. The van der Waals surface area contributed by atoms with Gasteiger partial charge in [0.1, 0.15) is 0 Å². The van der Waals surface area contributed by atoms with Crippen molar-refractivity contribution in [2.24, 2.45) is 0 Å². The Morgan fingerprint density at radius 2 is 2.14 bits per heavy atom. The monoisotopic (exact) mass is 323 g/mol. The summed E-state index contributed by atoms with van der Waals surface area (Å²) < 4.78 is 0. The lowest BCUT2D eigenvalue weighted by atomic mass is 10.1. The molecule has 1 N–H and O–H groups in total. The molecule has 0 saturated carbocycles. The number of thiophene rings is 1. The van der Waals surface area contributed by atoms with Crippen LogP contribution in [-0.4, -0.2) is 40.4 Å². The summed E-state index contributed by atoms with van der Waals surface area (Å²) in [4.78, 5) is 28.6. The molecule has 2 atom stereocenters. The minimum Gasteiger partial charge on any atom is -0.393 e. The summed E-state index contributed by atoms with van der Waals surface area (Å²) >= 11 is 1.62. The third-order valence-corrected chi connectivity index (χ3v) is 5.18. The van der Waals surface area contributed by atoms with Gasteiger partial charge in [-0.1, -0.05) is 0 Å². The zero-order valence-electron chi connectivity index (χ0n) is 13.6. The number of nitrogens with zero attached hydrogens (tertiary/aromatic N) is 1. The van der Waals surface area contributed by atoms with E-state index in [9.17, 15) is 14.7 Å². The second kappa shape index (κ2) is 7.38. The summed E-state index contributed by atoms with van der Waals surface area (Å²) in [7, 11) is 0. The number of hydrogen-bond donors (Lipinski definition) is 1. The lowest BCUT2D eigenvalue weighted by Crippen LogP contribution is -2.37. The molecule has 122 valence electrons. The van der Waals surface area contributed by atoms with E-state index >= 15 is 0 Å². The van der Waals surface area contributed by atoms with Gasteiger partial charge in [0.2, 0.25) is 5.91 Å². The van der Waals surface area contributed by atoms with Crippen LogP contribution in [0.5, 0.6) is 0 Å². The number of ketones is 1. The number of hydrogen-bond acceptors (Lipinski definition) is 4. The molecule has 0 aromatic carbocycles. The van der Waals surface area contributed by atoms with Crippen LogP contribution in [0.15, 0.2) is 6.07 Å². The van der Waals surface area contributed by atoms with Gasteiger partial charge in [0.25, 0.3) is 0 Å². The van der Waals surface area contributed by atoms with Gasteiger partial charge in [-0.05, 0) is 46.1 Å². The average molecular weight is 323 g/mol. The summed E-state index contributed by atoms with van der Waals surface area (Å²) in [5.74, 6) is 0.0996. The Kier molecular flexibility index (Phi) is 5.75. The molecule has 1 saturated heterocycles. The van der Waals surface area contributed by atoms with E-state index in [2.05, 4.69) is 0 Å². The number of aliphatic hydroxyl groups is 1. The molecule has 1 aliphatic heterocycles. The molecular formula is C17H25NO3S. The Hall–Kier alpha value is -1.20. The number of carbonyl (C=O) groups excluding carboxylic acids is 2. The molecule has 0 radical (unpaired) electrons. The Balaban J connectivity index is 1.89. The maximum Gasteiger partial charge on any atom is 0.223 e. The molecule has 2 heterocycles. The van der Waals surface area contributed by atoms with Crippen LogP contribution >= 0.6 is 11.3 Å². The zero-order valence-corrected chi connectivity index (χ0v) is 14.4. The van der Waals surface area contributed by atoms with E-state index in [1.165, 1.54) is 0 Å². The van der Waals surface area contributed by atoms with Crippen molar-refractivity contribution >= 4 is 23.0 Å². The van der Waals surface area contributed by atoms with Gasteiger partial charge in [0.15, 0.2) is 5.78 Å². The summed E-state index contributed by atoms with van der Waals surface area (Å²) in [5.41, 5.74) is 0.761. The first-order chi connectivity index (χ1) is 10.4. The Labute approximate surface area is 136 Å². The number of amides is 1. The highest BCUT2D eigenvalue weighted by Gasteiger charge is 2.29. The van der Waals surface area contributed by atoms with Crippen molar-refractivity contribution in [2.45, 2.75) is 65.0 Å². The molecule has 1 amide bonds. The van der Waals surface area contributed by atoms with Crippen molar-refractivity contribution in [3.8, 4) is 0 Å². The van der Waals surface area contributed by atoms with E-state index in [0.717, 1.165) is 34.7 Å². The molecule has 5 heteroatoms. The first kappa shape index (κ1) is 17.2. The minimum atomic E-state index is -0.392. The summed E-state index contributed by atoms with van der Waals surface area (Å²) in [6.07, 6.45) is 2.71. The van der Waals surface area contributed by atoms with Gasteiger partial charge >= 0.3 is 0 Å². The molecule has 0 spiro atoms. The van der Waals surface area contributed by atoms with Crippen molar-refractivity contribution in [2.75, 3.05) is 6.54 Å². The first-order valence-corrected chi connectivity index (χ1v) is 8.78. The minimum absolute atomic E-state index is 0.0427. The highest BCUT2D eigenvalue weighted by Crippen LogP contribution is 2.25. The molecule has 0 bridgehead atoms. The van der Waals surface area contributed by atoms with Crippen LogP contribution < -0.4 is 0 Å². The Bertz CT molecular complexity index is 550. The van der Waals surface area contributed by atoms with Crippen LogP contribution in [-0.2, 0) is 4.79 Å². The van der Waals surface area contributed by atoms with E-state index in [4.69, 9.17) is 0 Å². The average Bonchev–Trinajstić information content (AvgIpc) is 3.01. The first-order valence-electron chi connectivity index (χ1n) is 7.96. The predicted octanol–water partition coefficient (Wildman–Crippen LogP) is 3.09. The third-order valence-electron chi connectivity index (χ3n) is 4.22. The highest BCUT2D eigenvalue weighted by molar-refractivity contribution is 7.12. The van der Waals surface area contributed by atoms with E-state index in [1.807, 2.05) is 24.8 Å². The maximum atomic E-state index is 12.4. The molecule has 1 aromatic heterocycles. The number of aryl methyl sites for hydroxylation is 2. The smallest absolute Gasteiger partial charge is 0.223 e. The number of aliphatic hydroxyl groups excluding tert-OH is 1. The molecular weight excluding hydrogens is 298 g/mol. The van der Waals surface area contributed by atoms with Crippen LogP contribution in [0.2, 0.25) is 0 Å². The van der Waals surface area contributed by atoms with Crippen LogP contribution in [0.3, 0.4) is 0 Å². The van der Waals surface area contributed by atoms with Crippen LogP contribution in [0.4, 0.5) is 0 Å². The lowest BCUT2D eigenvalue weighted by molar-refractivity contribution is -0.132. The number of rotatable bonds is 6. The fourth-order valence-corrected chi connectivity index (χ4v) is 4.15. The number of likely N-dealkylation sites (tertiary alicyclic amines) is 1. The number of carbonyl (C=O) groups is 2. The largest absolute Gasteiger partial charge is 0.393 e. The van der Waals surface area contributed by atoms with Gasteiger partial charge in [0.05, 0.1) is 6.10 Å². The molecule has 1 aromatic rings. The fourth-order valence-electron chi connectivity index (χ4n) is 3.21. The van der Waals surface area contributed by atoms with Gasteiger partial charge in [0, 0.05) is 40.7 Å². The topological polar surface area (TPSA) is 57.6 Å². The van der Waals surface area contributed by atoms with E-state index in [0.29, 0.717) is 6.42 Å². The molecule has 2 rings (SSSR count). The summed E-state index contributed by atoms with van der Waals surface area (Å²) in [6, 6.07) is 2.05. The van der Waals surface area contributed by atoms with Crippen molar-refractivity contribution < 1.29 is 14.7 Å². The predicted molar refractivity (Wildman–Crippen MR) is 88.4 cm³/mol. The molecule has 0 aliphatic carbocycles.